The summed E-state index contributed by atoms with van der Waals surface area (Å²) >= 11 is 0. The van der Waals surface area contributed by atoms with Crippen molar-refractivity contribution in [3.8, 4) is 0 Å². The van der Waals surface area contributed by atoms with Crippen LogP contribution in [0.4, 0.5) is 13.2 Å². The van der Waals surface area contributed by atoms with E-state index in [0.29, 0.717) is 13.3 Å². The maximum atomic E-state index is 12.5. The molecule has 0 saturated carbocycles. The van der Waals surface area contributed by atoms with Gasteiger partial charge in [0.15, 0.2) is 5.54 Å². The fraction of sp³-hybridized carbons (Fsp3) is 0.900. The molecule has 7 heteroatoms. The molecule has 0 aromatic rings. The van der Waals surface area contributed by atoms with E-state index in [-0.39, 0.29) is 6.61 Å². The molecular formula is C10H19F3N2O2. The van der Waals surface area contributed by atoms with Crippen LogP contribution in [0.1, 0.15) is 26.7 Å². The second kappa shape index (κ2) is 6.20. The highest BCUT2D eigenvalue weighted by Crippen LogP contribution is 2.28. The molecule has 2 unspecified atom stereocenters. The van der Waals surface area contributed by atoms with Crippen LogP contribution in [0.2, 0.25) is 0 Å². The summed E-state index contributed by atoms with van der Waals surface area (Å²) in [6.45, 7) is 2.67. The van der Waals surface area contributed by atoms with E-state index in [1.54, 1.807) is 0 Å². The summed E-state index contributed by atoms with van der Waals surface area (Å²) in [6, 6.07) is -0.456. The molecule has 0 heterocycles. The standard InChI is InChI=1S/C10H19F3N2O2/c1-4-5-7(6-17-3)15-8(16)9(2,14)10(11,12)13/h7H,4-6,14H2,1-3H3,(H,15,16). The van der Waals surface area contributed by atoms with Gasteiger partial charge in [-0.05, 0) is 13.3 Å². The van der Waals surface area contributed by atoms with E-state index in [9.17, 15) is 18.0 Å². The van der Waals surface area contributed by atoms with E-state index in [1.165, 1.54) is 7.11 Å². The minimum Gasteiger partial charge on any atom is -0.383 e. The third-order valence-electron chi connectivity index (χ3n) is 2.40. The van der Waals surface area contributed by atoms with Crippen LogP contribution in [0.25, 0.3) is 0 Å². The molecule has 0 bridgehead atoms. The monoisotopic (exact) mass is 256 g/mol. The van der Waals surface area contributed by atoms with Crippen molar-refractivity contribution in [1.29, 1.82) is 0 Å². The van der Waals surface area contributed by atoms with Crippen LogP contribution in [-0.2, 0) is 9.53 Å². The number of halogens is 3. The Kier molecular flexibility index (Phi) is 5.91. The lowest BCUT2D eigenvalue weighted by molar-refractivity contribution is -0.188. The summed E-state index contributed by atoms with van der Waals surface area (Å²) in [7, 11) is 1.42. The highest BCUT2D eigenvalue weighted by Gasteiger charge is 2.54. The number of nitrogens with one attached hydrogen (secondary N) is 1. The zero-order valence-electron chi connectivity index (χ0n) is 10.2. The summed E-state index contributed by atoms with van der Waals surface area (Å²) in [4.78, 5) is 11.5. The molecule has 1 amide bonds. The Hall–Kier alpha value is -0.820. The number of carbonyl (C=O) groups is 1. The fourth-order valence-corrected chi connectivity index (χ4v) is 1.21. The summed E-state index contributed by atoms with van der Waals surface area (Å²) < 4.78 is 42.3. The molecule has 0 spiro atoms. The van der Waals surface area contributed by atoms with Crippen molar-refractivity contribution in [1.82, 2.24) is 5.32 Å². The maximum absolute atomic E-state index is 12.5. The van der Waals surface area contributed by atoms with Crippen LogP contribution in [0.15, 0.2) is 0 Å². The van der Waals surface area contributed by atoms with Crippen molar-refractivity contribution in [2.24, 2.45) is 5.73 Å². The Morgan fingerprint density at radius 3 is 2.35 bits per heavy atom. The average Bonchev–Trinajstić information content (AvgIpc) is 2.16. The summed E-state index contributed by atoms with van der Waals surface area (Å²) in [5.74, 6) is -1.24. The van der Waals surface area contributed by atoms with Crippen LogP contribution < -0.4 is 11.1 Å². The van der Waals surface area contributed by atoms with Gasteiger partial charge in [0.25, 0.3) is 0 Å². The number of ether oxygens (including phenoxy) is 1. The Morgan fingerprint density at radius 1 is 1.47 bits per heavy atom. The number of amides is 1. The summed E-state index contributed by atoms with van der Waals surface area (Å²) in [5, 5.41) is 2.26. The van der Waals surface area contributed by atoms with Crippen LogP contribution in [0, 0.1) is 0 Å². The lowest BCUT2D eigenvalue weighted by Gasteiger charge is -2.28. The molecule has 0 aliphatic rings. The SMILES string of the molecule is CCCC(COC)NC(=O)C(C)(N)C(F)(F)F. The normalized spacial score (nSPS) is 17.4. The van der Waals surface area contributed by atoms with Gasteiger partial charge >= 0.3 is 6.18 Å². The van der Waals surface area contributed by atoms with Gasteiger partial charge in [-0.3, -0.25) is 4.79 Å². The molecule has 0 aromatic carbocycles. The van der Waals surface area contributed by atoms with E-state index in [0.717, 1.165) is 6.42 Å². The van der Waals surface area contributed by atoms with Crippen molar-refractivity contribution in [2.75, 3.05) is 13.7 Å². The number of alkyl halides is 3. The smallest absolute Gasteiger partial charge is 0.383 e. The average molecular weight is 256 g/mol. The van der Waals surface area contributed by atoms with E-state index >= 15 is 0 Å². The predicted octanol–water partition coefficient (Wildman–Crippen LogP) is 1.20. The van der Waals surface area contributed by atoms with Gasteiger partial charge in [-0.1, -0.05) is 13.3 Å². The molecule has 3 N–H and O–H groups in total. The Balaban J connectivity index is 4.60. The molecule has 0 rings (SSSR count). The van der Waals surface area contributed by atoms with Gasteiger partial charge in [0.2, 0.25) is 5.91 Å². The zero-order valence-corrected chi connectivity index (χ0v) is 10.2. The van der Waals surface area contributed by atoms with Gasteiger partial charge in [0.1, 0.15) is 0 Å². The summed E-state index contributed by atoms with van der Waals surface area (Å²) in [6.07, 6.45) is -3.52. The quantitative estimate of drug-likeness (QED) is 0.750. The number of rotatable bonds is 6. The van der Waals surface area contributed by atoms with Crippen molar-refractivity contribution < 1.29 is 22.7 Å². The molecule has 0 aromatic heterocycles. The first kappa shape index (κ1) is 16.2. The van der Waals surface area contributed by atoms with E-state index in [2.05, 4.69) is 5.32 Å². The van der Waals surface area contributed by atoms with Crippen molar-refractivity contribution in [3.05, 3.63) is 0 Å². The first-order valence-electron chi connectivity index (χ1n) is 5.32. The van der Waals surface area contributed by atoms with Gasteiger partial charge in [-0.25, -0.2) is 0 Å². The van der Waals surface area contributed by atoms with Crippen molar-refractivity contribution >= 4 is 5.91 Å². The maximum Gasteiger partial charge on any atom is 0.415 e. The molecule has 0 saturated heterocycles. The molecule has 4 nitrogen and oxygen atoms in total. The number of hydrogen-bond acceptors (Lipinski definition) is 3. The molecule has 0 aliphatic carbocycles. The van der Waals surface area contributed by atoms with Gasteiger partial charge < -0.3 is 15.8 Å². The Bertz CT molecular complexity index is 248. The molecule has 2 atom stereocenters. The van der Waals surface area contributed by atoms with Gasteiger partial charge in [-0.2, -0.15) is 13.2 Å². The number of carbonyl (C=O) groups excluding carboxylic acids is 1. The first-order chi connectivity index (χ1) is 7.66. The minimum absolute atomic E-state index is 0.160. The fourth-order valence-electron chi connectivity index (χ4n) is 1.21. The second-order valence-corrected chi connectivity index (χ2v) is 4.11. The number of hydrogen-bond donors (Lipinski definition) is 2. The third-order valence-corrected chi connectivity index (χ3v) is 2.40. The van der Waals surface area contributed by atoms with Gasteiger partial charge in [-0.15, -0.1) is 0 Å². The van der Waals surface area contributed by atoms with Gasteiger partial charge in [0, 0.05) is 7.11 Å². The topological polar surface area (TPSA) is 64.3 Å². The van der Waals surface area contributed by atoms with Crippen LogP contribution in [-0.4, -0.2) is 37.4 Å². The lowest BCUT2D eigenvalue weighted by atomic mass is 10.0. The highest BCUT2D eigenvalue weighted by molar-refractivity contribution is 5.86. The van der Waals surface area contributed by atoms with E-state index in [4.69, 9.17) is 10.5 Å². The number of methoxy groups -OCH3 is 1. The largest absolute Gasteiger partial charge is 0.415 e. The minimum atomic E-state index is -4.78. The van der Waals surface area contributed by atoms with Crippen LogP contribution >= 0.6 is 0 Å². The highest BCUT2D eigenvalue weighted by atomic mass is 19.4. The second-order valence-electron chi connectivity index (χ2n) is 4.11. The molecule has 0 fully saturated rings. The molecule has 0 aliphatic heterocycles. The lowest BCUT2D eigenvalue weighted by Crippen LogP contribution is -2.63. The van der Waals surface area contributed by atoms with Crippen LogP contribution in [0.5, 0.6) is 0 Å². The Labute approximate surface area is 98.7 Å². The molecule has 0 radical (unpaired) electrons. The molecule has 102 valence electrons. The molecular weight excluding hydrogens is 237 g/mol. The van der Waals surface area contributed by atoms with Crippen LogP contribution in [0.3, 0.4) is 0 Å². The molecule has 17 heavy (non-hydrogen) atoms. The summed E-state index contributed by atoms with van der Waals surface area (Å²) in [5.41, 5.74) is 2.12. The zero-order chi connectivity index (χ0) is 13.7. The van der Waals surface area contributed by atoms with Crippen molar-refractivity contribution in [3.63, 3.8) is 0 Å². The van der Waals surface area contributed by atoms with E-state index < -0.39 is 23.7 Å². The van der Waals surface area contributed by atoms with Crippen molar-refractivity contribution in [2.45, 2.75) is 44.4 Å². The third kappa shape index (κ3) is 4.51. The predicted molar refractivity (Wildman–Crippen MR) is 57.4 cm³/mol. The first-order valence-corrected chi connectivity index (χ1v) is 5.32. The van der Waals surface area contributed by atoms with Gasteiger partial charge in [0.05, 0.1) is 12.6 Å². The number of nitrogens with two attached hydrogens (primary N) is 1. The Morgan fingerprint density at radius 2 is 2.00 bits per heavy atom. The van der Waals surface area contributed by atoms with E-state index in [1.807, 2.05) is 6.92 Å².